The minimum Gasteiger partial charge on any atom is -0.497 e. The normalized spacial score (nSPS) is 13.8. The second-order valence-electron chi connectivity index (χ2n) is 8.72. The summed E-state index contributed by atoms with van der Waals surface area (Å²) in [5.74, 6) is 1.53. The highest BCUT2D eigenvalue weighted by atomic mass is 32.1. The van der Waals surface area contributed by atoms with E-state index in [0.717, 1.165) is 52.6 Å². The third kappa shape index (κ3) is 3.95. The van der Waals surface area contributed by atoms with Gasteiger partial charge in [0.25, 0.3) is 0 Å². The van der Waals surface area contributed by atoms with Crippen LogP contribution in [0.2, 0.25) is 0 Å². The van der Waals surface area contributed by atoms with E-state index in [2.05, 4.69) is 43.3 Å². The van der Waals surface area contributed by atoms with Crippen LogP contribution in [0.15, 0.2) is 66.7 Å². The first-order valence-electron chi connectivity index (χ1n) is 11.4. The second-order valence-corrected chi connectivity index (χ2v) is 9.92. The molecule has 0 saturated heterocycles. The molecule has 0 radical (unpaired) electrons. The molecule has 0 atom stereocenters. The van der Waals surface area contributed by atoms with Gasteiger partial charge in [-0.25, -0.2) is 4.98 Å². The lowest BCUT2D eigenvalue weighted by Gasteiger charge is -2.18. The molecule has 170 valence electrons. The molecule has 0 N–H and O–H groups in total. The third-order valence-electron chi connectivity index (χ3n) is 6.60. The van der Waals surface area contributed by atoms with Gasteiger partial charge in [-0.1, -0.05) is 36.4 Å². The van der Waals surface area contributed by atoms with Crippen molar-refractivity contribution in [3.05, 3.63) is 98.9 Å². The zero-order chi connectivity index (χ0) is 23.7. The summed E-state index contributed by atoms with van der Waals surface area (Å²) in [4.78, 5) is 6.37. The quantitative estimate of drug-likeness (QED) is 0.305. The van der Waals surface area contributed by atoms with Crippen LogP contribution >= 0.6 is 11.3 Å². The van der Waals surface area contributed by atoms with E-state index in [1.54, 1.807) is 25.6 Å². The topological polar surface area (TPSA) is 55.1 Å². The molecule has 4 aromatic rings. The van der Waals surface area contributed by atoms with Crippen molar-refractivity contribution in [3.8, 4) is 28.8 Å². The molecule has 1 aliphatic rings. The molecular weight excluding hydrogens is 440 g/mol. The molecule has 5 heteroatoms. The van der Waals surface area contributed by atoms with E-state index in [9.17, 15) is 5.26 Å². The average molecular weight is 467 g/mol. The summed E-state index contributed by atoms with van der Waals surface area (Å²) in [7, 11) is 3.34. The van der Waals surface area contributed by atoms with Crippen molar-refractivity contribution < 1.29 is 9.47 Å². The predicted octanol–water partition coefficient (Wildman–Crippen LogP) is 6.68. The number of methoxy groups -OCH3 is 2. The van der Waals surface area contributed by atoms with Gasteiger partial charge in [0.15, 0.2) is 0 Å². The summed E-state index contributed by atoms with van der Waals surface area (Å²) in [5.41, 5.74) is 6.42. The van der Waals surface area contributed by atoms with Crippen molar-refractivity contribution in [2.45, 2.75) is 31.6 Å². The number of nitrogens with zero attached hydrogens (tertiary/aromatic N) is 2. The van der Waals surface area contributed by atoms with Crippen LogP contribution < -0.4 is 9.47 Å². The predicted molar refractivity (Wildman–Crippen MR) is 136 cm³/mol. The minimum absolute atomic E-state index is 0.0448. The lowest BCUT2D eigenvalue weighted by atomic mass is 9.88. The molecule has 0 spiro atoms. The fourth-order valence-corrected chi connectivity index (χ4v) is 5.87. The van der Waals surface area contributed by atoms with Gasteiger partial charge in [-0.3, -0.25) is 0 Å². The number of ether oxygens (including phenoxy) is 2. The number of nitriles is 1. The molecule has 0 bridgehead atoms. The lowest BCUT2D eigenvalue weighted by molar-refractivity contribution is 0.395. The first-order chi connectivity index (χ1) is 16.6. The Balaban J connectivity index is 1.53. The van der Waals surface area contributed by atoms with Crippen molar-refractivity contribution in [2.24, 2.45) is 0 Å². The maximum Gasteiger partial charge on any atom is 0.131 e. The first kappa shape index (κ1) is 22.2. The van der Waals surface area contributed by atoms with E-state index in [1.165, 1.54) is 16.0 Å². The van der Waals surface area contributed by atoms with Crippen LogP contribution in [0.4, 0.5) is 0 Å². The molecule has 0 unspecified atom stereocenters. The summed E-state index contributed by atoms with van der Waals surface area (Å²) in [6, 6.07) is 24.7. The van der Waals surface area contributed by atoms with Crippen molar-refractivity contribution in [2.75, 3.05) is 14.2 Å². The van der Waals surface area contributed by atoms with Crippen LogP contribution in [-0.2, 0) is 11.8 Å². The SMILES string of the molecule is COc1ccc(-c2nc(C3(c4ccccc4Cc4cccc(C#N)c4)CC3)sc2C)c(OC)c1. The van der Waals surface area contributed by atoms with Crippen molar-refractivity contribution in [1.29, 1.82) is 5.26 Å². The summed E-state index contributed by atoms with van der Waals surface area (Å²) in [6.45, 7) is 2.13. The molecule has 1 aliphatic carbocycles. The Morgan fingerprint density at radius 2 is 1.82 bits per heavy atom. The van der Waals surface area contributed by atoms with Crippen LogP contribution in [0.3, 0.4) is 0 Å². The second kappa shape index (κ2) is 8.96. The summed E-state index contributed by atoms with van der Waals surface area (Å²) in [6.07, 6.45) is 2.99. The van der Waals surface area contributed by atoms with Crippen LogP contribution in [0.25, 0.3) is 11.3 Å². The lowest BCUT2D eigenvalue weighted by Crippen LogP contribution is -2.12. The van der Waals surface area contributed by atoms with Crippen LogP contribution in [0, 0.1) is 18.3 Å². The largest absolute Gasteiger partial charge is 0.497 e. The molecule has 0 aliphatic heterocycles. The number of rotatable bonds is 7. The molecule has 3 aromatic carbocycles. The molecule has 34 heavy (non-hydrogen) atoms. The minimum atomic E-state index is -0.0448. The standard InChI is InChI=1S/C29H26N2O2S/c1-19-27(24-12-11-23(32-2)17-26(24)33-3)31-28(34-19)29(13-14-29)25-10-5-4-9-22(25)16-20-7-6-8-21(15-20)18-30/h4-12,15,17H,13-14,16H2,1-3H3. The van der Waals surface area contributed by atoms with E-state index in [0.29, 0.717) is 5.56 Å². The summed E-state index contributed by atoms with van der Waals surface area (Å²) in [5, 5.41) is 10.4. The monoisotopic (exact) mass is 466 g/mol. The smallest absolute Gasteiger partial charge is 0.131 e. The van der Waals surface area contributed by atoms with Crippen LogP contribution in [-0.4, -0.2) is 19.2 Å². The number of hydrogen-bond donors (Lipinski definition) is 0. The number of thiazole rings is 1. The summed E-state index contributed by atoms with van der Waals surface area (Å²) >= 11 is 1.78. The maximum absolute atomic E-state index is 9.29. The van der Waals surface area contributed by atoms with Crippen molar-refractivity contribution >= 4 is 11.3 Å². The molecule has 4 nitrogen and oxygen atoms in total. The zero-order valence-corrected chi connectivity index (χ0v) is 20.4. The van der Waals surface area contributed by atoms with Crippen LogP contribution in [0.1, 0.15) is 45.0 Å². The molecule has 1 aromatic heterocycles. The number of hydrogen-bond acceptors (Lipinski definition) is 5. The molecule has 1 heterocycles. The fraction of sp³-hybridized carbons (Fsp3) is 0.241. The van der Waals surface area contributed by atoms with E-state index >= 15 is 0 Å². The molecule has 5 rings (SSSR count). The highest BCUT2D eigenvalue weighted by Gasteiger charge is 2.49. The Morgan fingerprint density at radius 1 is 1.00 bits per heavy atom. The van der Waals surface area contributed by atoms with Gasteiger partial charge in [0, 0.05) is 21.9 Å². The molecule has 1 saturated carbocycles. The summed E-state index contributed by atoms with van der Waals surface area (Å²) < 4.78 is 11.0. The highest BCUT2D eigenvalue weighted by Crippen LogP contribution is 2.56. The first-order valence-corrected chi connectivity index (χ1v) is 12.2. The molecule has 1 fully saturated rings. The van der Waals surface area contributed by atoms with Crippen molar-refractivity contribution in [1.82, 2.24) is 4.98 Å². The number of benzene rings is 3. The van der Waals surface area contributed by atoms with E-state index in [4.69, 9.17) is 14.5 Å². The average Bonchev–Trinajstić information content (AvgIpc) is 3.59. The fourth-order valence-electron chi connectivity index (χ4n) is 4.68. The Hall–Kier alpha value is -3.62. The van der Waals surface area contributed by atoms with Crippen molar-refractivity contribution in [3.63, 3.8) is 0 Å². The molecular formula is C29H26N2O2S. The van der Waals surface area contributed by atoms with Gasteiger partial charge in [-0.2, -0.15) is 5.26 Å². The highest BCUT2D eigenvalue weighted by molar-refractivity contribution is 7.12. The van der Waals surface area contributed by atoms with Gasteiger partial charge in [0.05, 0.1) is 31.5 Å². The van der Waals surface area contributed by atoms with E-state index < -0.39 is 0 Å². The van der Waals surface area contributed by atoms with Gasteiger partial charge in [0.1, 0.15) is 16.5 Å². The van der Waals surface area contributed by atoms with Gasteiger partial charge in [-0.05, 0) is 67.1 Å². The van der Waals surface area contributed by atoms with Gasteiger partial charge in [0.2, 0.25) is 0 Å². The molecule has 0 amide bonds. The van der Waals surface area contributed by atoms with Crippen LogP contribution in [0.5, 0.6) is 11.5 Å². The third-order valence-corrected chi connectivity index (χ3v) is 7.78. The Morgan fingerprint density at radius 3 is 2.56 bits per heavy atom. The number of aryl methyl sites for hydroxylation is 1. The maximum atomic E-state index is 9.29. The van der Waals surface area contributed by atoms with Gasteiger partial charge in [-0.15, -0.1) is 11.3 Å². The van der Waals surface area contributed by atoms with E-state index in [1.807, 2.05) is 36.4 Å². The van der Waals surface area contributed by atoms with E-state index in [-0.39, 0.29) is 5.41 Å². The van der Waals surface area contributed by atoms with Gasteiger partial charge < -0.3 is 9.47 Å². The zero-order valence-electron chi connectivity index (χ0n) is 19.6. The number of aromatic nitrogens is 1. The Bertz CT molecular complexity index is 1400. The van der Waals surface area contributed by atoms with Gasteiger partial charge >= 0.3 is 0 Å². The Kier molecular flexibility index (Phi) is 5.85. The Labute approximate surface area is 204 Å².